The molecule has 0 aliphatic carbocycles. The van der Waals surface area contributed by atoms with Crippen LogP contribution >= 0.6 is 22.9 Å². The minimum atomic E-state index is 0.243. The van der Waals surface area contributed by atoms with Crippen molar-refractivity contribution in [3.63, 3.8) is 0 Å². The van der Waals surface area contributed by atoms with Gasteiger partial charge in [-0.15, -0.1) is 11.3 Å². The van der Waals surface area contributed by atoms with Crippen LogP contribution in [0.15, 0.2) is 12.1 Å². The van der Waals surface area contributed by atoms with E-state index in [1.165, 1.54) is 4.88 Å². The van der Waals surface area contributed by atoms with Crippen LogP contribution in [-0.4, -0.2) is 42.4 Å². The zero-order chi connectivity index (χ0) is 12.3. The molecule has 94 valence electrons. The Morgan fingerprint density at radius 1 is 1.47 bits per heavy atom. The molecule has 1 saturated heterocycles. The van der Waals surface area contributed by atoms with Crippen LogP contribution in [-0.2, 0) is 11.3 Å². The van der Waals surface area contributed by atoms with Crippen molar-refractivity contribution in [3.05, 3.63) is 21.3 Å². The lowest BCUT2D eigenvalue weighted by atomic mass is 10.4. The molecule has 1 aromatic rings. The molecule has 1 aliphatic rings. The predicted molar refractivity (Wildman–Crippen MR) is 71.5 cm³/mol. The van der Waals surface area contributed by atoms with Crippen LogP contribution in [0.25, 0.3) is 0 Å². The van der Waals surface area contributed by atoms with E-state index < -0.39 is 0 Å². The first kappa shape index (κ1) is 12.9. The van der Waals surface area contributed by atoms with E-state index >= 15 is 0 Å². The lowest BCUT2D eigenvalue weighted by molar-refractivity contribution is -0.131. The van der Waals surface area contributed by atoms with Crippen molar-refractivity contribution in [2.24, 2.45) is 0 Å². The Labute approximate surface area is 111 Å². The zero-order valence-corrected chi connectivity index (χ0v) is 11.6. The maximum Gasteiger partial charge on any atom is 0.236 e. The number of hydrogen-bond acceptors (Lipinski definition) is 3. The second-order valence-electron chi connectivity index (χ2n) is 4.47. The van der Waals surface area contributed by atoms with Gasteiger partial charge in [0.2, 0.25) is 5.91 Å². The lowest BCUT2D eigenvalue weighted by Crippen LogP contribution is -2.36. The molecule has 17 heavy (non-hydrogen) atoms. The van der Waals surface area contributed by atoms with Gasteiger partial charge in [0.1, 0.15) is 0 Å². The molecule has 1 aromatic heterocycles. The van der Waals surface area contributed by atoms with E-state index in [1.807, 2.05) is 29.0 Å². The molecule has 0 spiro atoms. The van der Waals surface area contributed by atoms with E-state index in [2.05, 4.69) is 0 Å². The van der Waals surface area contributed by atoms with E-state index in [0.717, 1.165) is 36.8 Å². The quantitative estimate of drug-likeness (QED) is 0.841. The van der Waals surface area contributed by atoms with E-state index in [1.54, 1.807) is 11.3 Å². The summed E-state index contributed by atoms with van der Waals surface area (Å²) in [4.78, 5) is 17.1. The fourth-order valence-corrected chi connectivity index (χ4v) is 3.22. The van der Waals surface area contributed by atoms with Gasteiger partial charge in [-0.25, -0.2) is 0 Å². The number of carbonyl (C=O) groups is 1. The van der Waals surface area contributed by atoms with Gasteiger partial charge in [0.25, 0.3) is 0 Å². The van der Waals surface area contributed by atoms with Gasteiger partial charge in [-0.3, -0.25) is 9.69 Å². The summed E-state index contributed by atoms with van der Waals surface area (Å²) in [5.74, 6) is 0.243. The van der Waals surface area contributed by atoms with Gasteiger partial charge in [0, 0.05) is 24.5 Å². The van der Waals surface area contributed by atoms with Gasteiger partial charge in [-0.05, 0) is 32.0 Å². The molecule has 3 nitrogen and oxygen atoms in total. The SMILES string of the molecule is CN(CC(=O)N1CCCC1)Cc1ccc(Cl)s1. The predicted octanol–water partition coefficient (Wildman–Crippen LogP) is 2.46. The topological polar surface area (TPSA) is 23.6 Å². The van der Waals surface area contributed by atoms with Crippen molar-refractivity contribution in [1.29, 1.82) is 0 Å². The maximum absolute atomic E-state index is 11.9. The average Bonchev–Trinajstić information content (AvgIpc) is 2.89. The molecule has 1 amide bonds. The highest BCUT2D eigenvalue weighted by atomic mass is 35.5. The lowest BCUT2D eigenvalue weighted by Gasteiger charge is -2.20. The maximum atomic E-state index is 11.9. The third kappa shape index (κ3) is 3.69. The first-order chi connectivity index (χ1) is 8.15. The van der Waals surface area contributed by atoms with Crippen LogP contribution in [0, 0.1) is 0 Å². The third-order valence-electron chi connectivity index (χ3n) is 2.92. The summed E-state index contributed by atoms with van der Waals surface area (Å²) in [7, 11) is 1.97. The summed E-state index contributed by atoms with van der Waals surface area (Å²) in [5, 5.41) is 0. The summed E-state index contributed by atoms with van der Waals surface area (Å²) >= 11 is 7.45. The van der Waals surface area contributed by atoms with E-state index in [0.29, 0.717) is 6.54 Å². The van der Waals surface area contributed by atoms with Gasteiger partial charge in [-0.1, -0.05) is 11.6 Å². The number of likely N-dealkylation sites (N-methyl/N-ethyl adjacent to an activating group) is 1. The fourth-order valence-electron chi connectivity index (χ4n) is 2.06. The van der Waals surface area contributed by atoms with Gasteiger partial charge in [-0.2, -0.15) is 0 Å². The van der Waals surface area contributed by atoms with Gasteiger partial charge >= 0.3 is 0 Å². The van der Waals surface area contributed by atoms with Crippen molar-refractivity contribution in [2.45, 2.75) is 19.4 Å². The molecule has 0 aromatic carbocycles. The Morgan fingerprint density at radius 2 is 2.18 bits per heavy atom. The van der Waals surface area contributed by atoms with Gasteiger partial charge < -0.3 is 4.90 Å². The van der Waals surface area contributed by atoms with E-state index in [-0.39, 0.29) is 5.91 Å². The second-order valence-corrected chi connectivity index (χ2v) is 6.27. The highest BCUT2D eigenvalue weighted by Crippen LogP contribution is 2.22. The molecule has 2 heterocycles. The normalized spacial score (nSPS) is 15.8. The summed E-state index contributed by atoms with van der Waals surface area (Å²) in [6, 6.07) is 3.92. The molecule has 0 radical (unpaired) electrons. The molecule has 1 fully saturated rings. The molecule has 5 heteroatoms. The van der Waals surface area contributed by atoms with Crippen LogP contribution in [0.1, 0.15) is 17.7 Å². The number of hydrogen-bond donors (Lipinski definition) is 0. The first-order valence-electron chi connectivity index (χ1n) is 5.85. The molecule has 1 aliphatic heterocycles. The smallest absolute Gasteiger partial charge is 0.236 e. The van der Waals surface area contributed by atoms with Crippen molar-refractivity contribution >= 4 is 28.8 Å². The van der Waals surface area contributed by atoms with Crippen LogP contribution in [0.3, 0.4) is 0 Å². The van der Waals surface area contributed by atoms with Gasteiger partial charge in [0.05, 0.1) is 10.9 Å². The summed E-state index contributed by atoms with van der Waals surface area (Å²) < 4.78 is 0.805. The van der Waals surface area contributed by atoms with E-state index in [4.69, 9.17) is 11.6 Å². The summed E-state index contributed by atoms with van der Waals surface area (Å²) in [6.07, 6.45) is 2.30. The largest absolute Gasteiger partial charge is 0.342 e. The minimum absolute atomic E-state index is 0.243. The number of carbonyl (C=O) groups excluding carboxylic acids is 1. The fraction of sp³-hybridized carbons (Fsp3) is 0.583. The minimum Gasteiger partial charge on any atom is -0.342 e. The van der Waals surface area contributed by atoms with Crippen molar-refractivity contribution in [3.8, 4) is 0 Å². The number of likely N-dealkylation sites (tertiary alicyclic amines) is 1. The Bertz CT molecular complexity index is 388. The first-order valence-corrected chi connectivity index (χ1v) is 7.05. The average molecular weight is 273 g/mol. The molecular weight excluding hydrogens is 256 g/mol. The van der Waals surface area contributed by atoms with Crippen LogP contribution in [0.4, 0.5) is 0 Å². The summed E-state index contributed by atoms with van der Waals surface area (Å²) in [5.41, 5.74) is 0. The zero-order valence-electron chi connectivity index (χ0n) is 9.99. The molecular formula is C12H17ClN2OS. The Kier molecular flexibility index (Phi) is 4.42. The number of nitrogens with zero attached hydrogens (tertiary/aromatic N) is 2. The molecule has 0 bridgehead atoms. The molecule has 0 saturated carbocycles. The standard InChI is InChI=1S/C12H17ClN2OS/c1-14(8-10-4-5-11(13)17-10)9-12(16)15-6-2-3-7-15/h4-5H,2-3,6-9H2,1H3. The number of thiophene rings is 1. The highest BCUT2D eigenvalue weighted by molar-refractivity contribution is 7.16. The van der Waals surface area contributed by atoms with Gasteiger partial charge in [0.15, 0.2) is 0 Å². The number of amides is 1. The van der Waals surface area contributed by atoms with Crippen LogP contribution < -0.4 is 0 Å². The van der Waals surface area contributed by atoms with Crippen molar-refractivity contribution in [1.82, 2.24) is 9.80 Å². The number of rotatable bonds is 4. The Morgan fingerprint density at radius 3 is 2.76 bits per heavy atom. The monoisotopic (exact) mass is 272 g/mol. The summed E-state index contributed by atoms with van der Waals surface area (Å²) in [6.45, 7) is 3.14. The van der Waals surface area contributed by atoms with E-state index in [9.17, 15) is 4.79 Å². The van der Waals surface area contributed by atoms with Crippen molar-refractivity contribution < 1.29 is 4.79 Å². The number of halogens is 1. The molecule has 2 rings (SSSR count). The van der Waals surface area contributed by atoms with Crippen LogP contribution in [0.2, 0.25) is 4.34 Å². The van der Waals surface area contributed by atoms with Crippen LogP contribution in [0.5, 0.6) is 0 Å². The highest BCUT2D eigenvalue weighted by Gasteiger charge is 2.19. The van der Waals surface area contributed by atoms with Crippen molar-refractivity contribution in [2.75, 3.05) is 26.7 Å². The second kappa shape index (κ2) is 5.85. The molecule has 0 N–H and O–H groups in total. The molecule has 0 unspecified atom stereocenters. The Balaban J connectivity index is 1.80. The molecule has 0 atom stereocenters. The third-order valence-corrected chi connectivity index (χ3v) is 4.13. The Hall–Kier alpha value is -0.580.